The Morgan fingerprint density at radius 2 is 1.86 bits per heavy atom. The van der Waals surface area contributed by atoms with E-state index in [1.165, 1.54) is 0 Å². The monoisotopic (exact) mass is 332 g/mol. The van der Waals surface area contributed by atoms with Gasteiger partial charge in [-0.3, -0.25) is 4.79 Å². The SMILES string of the molecule is COC(=O)Cc1nc(C(F)(F)F)c(OC(F)(F)F)cc1CN. The zero-order valence-electron chi connectivity index (χ0n) is 11.0. The number of rotatable bonds is 4. The van der Waals surface area contributed by atoms with Crippen molar-refractivity contribution in [2.75, 3.05) is 7.11 Å². The van der Waals surface area contributed by atoms with Crippen LogP contribution in [-0.2, 0) is 28.7 Å². The fraction of sp³-hybridized carbons (Fsp3) is 0.455. The van der Waals surface area contributed by atoms with Gasteiger partial charge in [-0.1, -0.05) is 0 Å². The predicted molar refractivity (Wildman–Crippen MR) is 59.5 cm³/mol. The molecule has 0 radical (unpaired) electrons. The third kappa shape index (κ3) is 4.76. The van der Waals surface area contributed by atoms with Crippen molar-refractivity contribution in [3.8, 4) is 5.75 Å². The molecule has 0 amide bonds. The van der Waals surface area contributed by atoms with Gasteiger partial charge in [-0.05, 0) is 11.6 Å². The predicted octanol–water partition coefficient (Wildman–Crippen LogP) is 2.17. The van der Waals surface area contributed by atoms with Crippen LogP contribution in [-0.4, -0.2) is 24.4 Å². The average molecular weight is 332 g/mol. The maximum Gasteiger partial charge on any atom is 0.573 e. The highest BCUT2D eigenvalue weighted by Gasteiger charge is 2.41. The van der Waals surface area contributed by atoms with Gasteiger partial charge in [-0.25, -0.2) is 4.98 Å². The quantitative estimate of drug-likeness (QED) is 0.676. The smallest absolute Gasteiger partial charge is 0.469 e. The van der Waals surface area contributed by atoms with Crippen LogP contribution in [0.3, 0.4) is 0 Å². The maximum absolute atomic E-state index is 12.8. The van der Waals surface area contributed by atoms with E-state index in [9.17, 15) is 31.1 Å². The summed E-state index contributed by atoms with van der Waals surface area (Å²) < 4.78 is 82.6. The molecule has 1 aromatic rings. The number of carbonyl (C=O) groups excluding carboxylic acids is 1. The van der Waals surface area contributed by atoms with Crippen LogP contribution >= 0.6 is 0 Å². The van der Waals surface area contributed by atoms with Crippen molar-refractivity contribution in [2.24, 2.45) is 5.73 Å². The van der Waals surface area contributed by atoms with Gasteiger partial charge < -0.3 is 15.2 Å². The van der Waals surface area contributed by atoms with E-state index < -0.39 is 48.6 Å². The summed E-state index contributed by atoms with van der Waals surface area (Å²) in [4.78, 5) is 14.2. The zero-order chi connectivity index (χ0) is 17.1. The lowest BCUT2D eigenvalue weighted by Crippen LogP contribution is -2.23. The van der Waals surface area contributed by atoms with Crippen LogP contribution in [0.1, 0.15) is 17.0 Å². The molecular weight excluding hydrogens is 322 g/mol. The number of pyridine rings is 1. The molecule has 1 rings (SSSR count). The van der Waals surface area contributed by atoms with Gasteiger partial charge in [-0.2, -0.15) is 13.2 Å². The highest BCUT2D eigenvalue weighted by atomic mass is 19.4. The second-order valence-corrected chi connectivity index (χ2v) is 3.94. The van der Waals surface area contributed by atoms with E-state index in [4.69, 9.17) is 5.73 Å². The molecule has 1 aromatic heterocycles. The summed E-state index contributed by atoms with van der Waals surface area (Å²) in [7, 11) is 0.996. The topological polar surface area (TPSA) is 74.4 Å². The lowest BCUT2D eigenvalue weighted by atomic mass is 10.1. The number of hydrogen-bond donors (Lipinski definition) is 1. The van der Waals surface area contributed by atoms with E-state index in [1.54, 1.807) is 0 Å². The van der Waals surface area contributed by atoms with Gasteiger partial charge in [0.2, 0.25) is 0 Å². The van der Waals surface area contributed by atoms with E-state index >= 15 is 0 Å². The van der Waals surface area contributed by atoms with Gasteiger partial charge >= 0.3 is 18.5 Å². The first kappa shape index (κ1) is 18.0. The number of ether oxygens (including phenoxy) is 2. The van der Waals surface area contributed by atoms with Gasteiger partial charge in [0.05, 0.1) is 19.2 Å². The molecule has 0 aliphatic carbocycles. The third-order valence-electron chi connectivity index (χ3n) is 2.41. The Kier molecular flexibility index (Phi) is 5.22. The number of esters is 1. The largest absolute Gasteiger partial charge is 0.573 e. The van der Waals surface area contributed by atoms with Crippen molar-refractivity contribution >= 4 is 5.97 Å². The Labute approximate surface area is 120 Å². The third-order valence-corrected chi connectivity index (χ3v) is 2.41. The fourth-order valence-corrected chi connectivity index (χ4v) is 1.52. The number of alkyl halides is 6. The van der Waals surface area contributed by atoms with E-state index in [0.717, 1.165) is 7.11 Å². The second-order valence-electron chi connectivity index (χ2n) is 3.94. The van der Waals surface area contributed by atoms with E-state index in [2.05, 4.69) is 14.5 Å². The fourth-order valence-electron chi connectivity index (χ4n) is 1.52. The van der Waals surface area contributed by atoms with Gasteiger partial charge in [0.15, 0.2) is 11.4 Å². The van der Waals surface area contributed by atoms with E-state index in [-0.39, 0.29) is 5.56 Å². The van der Waals surface area contributed by atoms with Crippen molar-refractivity contribution in [1.29, 1.82) is 0 Å². The molecular formula is C11H10F6N2O3. The Morgan fingerprint density at radius 3 is 2.27 bits per heavy atom. The van der Waals surface area contributed by atoms with Crippen LogP contribution < -0.4 is 10.5 Å². The normalized spacial score (nSPS) is 12.2. The minimum Gasteiger partial charge on any atom is -0.469 e. The van der Waals surface area contributed by atoms with Crippen molar-refractivity contribution < 1.29 is 40.6 Å². The molecule has 0 unspecified atom stereocenters. The first-order valence-corrected chi connectivity index (χ1v) is 5.60. The molecule has 11 heteroatoms. The number of nitrogens with zero attached hydrogens (tertiary/aromatic N) is 1. The molecule has 2 N–H and O–H groups in total. The summed E-state index contributed by atoms with van der Waals surface area (Å²) in [6.07, 6.45) is -11.2. The first-order chi connectivity index (χ1) is 9.97. The standard InChI is InChI=1S/C11H10F6N2O3/c1-21-8(20)3-6-5(4-18)2-7(22-11(15,16)17)9(19-6)10(12,13)14/h2H,3-4,18H2,1H3. The molecule has 0 aromatic carbocycles. The molecule has 0 aliphatic rings. The first-order valence-electron chi connectivity index (χ1n) is 5.60. The highest BCUT2D eigenvalue weighted by molar-refractivity contribution is 5.72. The van der Waals surface area contributed by atoms with Crippen molar-refractivity contribution in [1.82, 2.24) is 4.98 Å². The number of halogens is 6. The van der Waals surface area contributed by atoms with Crippen LogP contribution in [0.5, 0.6) is 5.75 Å². The number of nitrogens with two attached hydrogens (primary N) is 1. The van der Waals surface area contributed by atoms with Crippen molar-refractivity contribution in [3.63, 3.8) is 0 Å². The Balaban J connectivity index is 3.42. The molecule has 22 heavy (non-hydrogen) atoms. The number of carbonyl (C=O) groups is 1. The number of methoxy groups -OCH3 is 1. The second kappa shape index (κ2) is 6.38. The molecule has 5 nitrogen and oxygen atoms in total. The van der Waals surface area contributed by atoms with Gasteiger partial charge in [0.1, 0.15) is 0 Å². The molecule has 0 bridgehead atoms. The molecule has 0 spiro atoms. The summed E-state index contributed by atoms with van der Waals surface area (Å²) in [5.41, 5.74) is 2.72. The summed E-state index contributed by atoms with van der Waals surface area (Å²) in [6.45, 7) is -0.439. The van der Waals surface area contributed by atoms with Gasteiger partial charge in [-0.15, -0.1) is 13.2 Å². The van der Waals surface area contributed by atoms with Crippen LogP contribution in [0.15, 0.2) is 6.07 Å². The lowest BCUT2D eigenvalue weighted by molar-refractivity contribution is -0.276. The van der Waals surface area contributed by atoms with Crippen LogP contribution in [0.25, 0.3) is 0 Å². The van der Waals surface area contributed by atoms with E-state index in [1.807, 2.05) is 0 Å². The summed E-state index contributed by atoms with van der Waals surface area (Å²) >= 11 is 0. The minimum absolute atomic E-state index is 0.197. The van der Waals surface area contributed by atoms with Gasteiger partial charge in [0.25, 0.3) is 0 Å². The highest BCUT2D eigenvalue weighted by Crippen LogP contribution is 2.38. The molecule has 124 valence electrons. The molecule has 0 fully saturated rings. The Morgan fingerprint density at radius 1 is 1.27 bits per heavy atom. The van der Waals surface area contributed by atoms with Crippen molar-refractivity contribution in [3.05, 3.63) is 23.0 Å². The Bertz CT molecular complexity index is 556. The molecule has 0 saturated carbocycles. The summed E-state index contributed by atoms with van der Waals surface area (Å²) in [5.74, 6) is -2.45. The molecule has 0 saturated heterocycles. The van der Waals surface area contributed by atoms with Crippen LogP contribution in [0, 0.1) is 0 Å². The lowest BCUT2D eigenvalue weighted by Gasteiger charge is -2.17. The minimum atomic E-state index is -5.34. The molecule has 0 aliphatic heterocycles. The number of hydrogen-bond acceptors (Lipinski definition) is 5. The van der Waals surface area contributed by atoms with Crippen LogP contribution in [0.4, 0.5) is 26.3 Å². The molecule has 1 heterocycles. The van der Waals surface area contributed by atoms with Crippen molar-refractivity contribution in [2.45, 2.75) is 25.5 Å². The summed E-state index contributed by atoms with van der Waals surface area (Å²) in [5, 5.41) is 0. The average Bonchev–Trinajstić information content (AvgIpc) is 2.36. The van der Waals surface area contributed by atoms with E-state index in [0.29, 0.717) is 6.07 Å². The zero-order valence-corrected chi connectivity index (χ0v) is 11.0. The number of aromatic nitrogens is 1. The van der Waals surface area contributed by atoms with Crippen LogP contribution in [0.2, 0.25) is 0 Å². The molecule has 0 atom stereocenters. The van der Waals surface area contributed by atoms with Gasteiger partial charge in [0, 0.05) is 6.54 Å². The summed E-state index contributed by atoms with van der Waals surface area (Å²) in [6, 6.07) is 0.460. The Hall–Kier alpha value is -2.04. The maximum atomic E-state index is 12.8.